The molecule has 1 fully saturated rings. The number of hydrogen-bond acceptors (Lipinski definition) is 6. The van der Waals surface area contributed by atoms with Crippen LogP contribution < -0.4 is 10.7 Å². The number of fused-ring (bicyclic) bond motifs is 1. The Morgan fingerprint density at radius 3 is 2.55 bits per heavy atom. The molecular weight excluding hydrogens is 406 g/mol. The van der Waals surface area contributed by atoms with Gasteiger partial charge in [0.05, 0.1) is 23.1 Å². The summed E-state index contributed by atoms with van der Waals surface area (Å²) in [6, 6.07) is 4.00. The molecule has 31 heavy (non-hydrogen) atoms. The van der Waals surface area contributed by atoms with E-state index in [0.29, 0.717) is 11.4 Å². The highest BCUT2D eigenvalue weighted by Gasteiger charge is 2.38. The van der Waals surface area contributed by atoms with Crippen LogP contribution in [0.5, 0.6) is 0 Å². The molecule has 1 N–H and O–H groups in total. The highest BCUT2D eigenvalue weighted by Crippen LogP contribution is 2.42. The molecular formula is C23H20F2N2O4. The molecule has 2 heterocycles. The summed E-state index contributed by atoms with van der Waals surface area (Å²) in [7, 11) is 0. The molecule has 0 spiro atoms. The summed E-state index contributed by atoms with van der Waals surface area (Å²) in [4.78, 5) is 25.5. The van der Waals surface area contributed by atoms with Gasteiger partial charge >= 0.3 is 5.97 Å². The third kappa shape index (κ3) is 3.40. The van der Waals surface area contributed by atoms with Crippen molar-refractivity contribution < 1.29 is 22.7 Å². The molecule has 1 aromatic carbocycles. The van der Waals surface area contributed by atoms with E-state index in [1.54, 1.807) is 13.8 Å². The Balaban J connectivity index is 2.00. The van der Waals surface area contributed by atoms with Crippen LogP contribution in [-0.2, 0) is 9.53 Å². The van der Waals surface area contributed by atoms with Crippen molar-refractivity contribution in [1.29, 1.82) is 5.26 Å². The van der Waals surface area contributed by atoms with Gasteiger partial charge in [-0.3, -0.25) is 4.79 Å². The van der Waals surface area contributed by atoms with Crippen LogP contribution in [0.3, 0.4) is 0 Å². The van der Waals surface area contributed by atoms with Crippen molar-refractivity contribution in [2.75, 3.05) is 0 Å². The first-order valence-electron chi connectivity index (χ1n) is 9.95. The van der Waals surface area contributed by atoms with Crippen LogP contribution in [0.2, 0.25) is 0 Å². The van der Waals surface area contributed by atoms with Gasteiger partial charge in [0.1, 0.15) is 22.8 Å². The fraction of sp³-hybridized carbons (Fsp3) is 0.348. The molecule has 0 radical (unpaired) electrons. The van der Waals surface area contributed by atoms with Gasteiger partial charge in [-0.1, -0.05) is 0 Å². The first-order chi connectivity index (χ1) is 14.7. The van der Waals surface area contributed by atoms with Gasteiger partial charge in [0.15, 0.2) is 17.1 Å². The predicted molar refractivity (Wildman–Crippen MR) is 108 cm³/mol. The Morgan fingerprint density at radius 2 is 1.94 bits per heavy atom. The Labute approximate surface area is 176 Å². The van der Waals surface area contributed by atoms with Gasteiger partial charge in [-0.05, 0) is 46.1 Å². The second kappa shape index (κ2) is 7.65. The lowest BCUT2D eigenvalue weighted by Crippen LogP contribution is -2.32. The predicted octanol–water partition coefficient (Wildman–Crippen LogP) is 4.23. The van der Waals surface area contributed by atoms with E-state index < -0.39 is 34.3 Å². The molecule has 1 atom stereocenters. The number of benzene rings is 1. The average Bonchev–Trinajstić information content (AvgIpc) is 2.66. The average molecular weight is 426 g/mol. The molecule has 1 aliphatic heterocycles. The van der Waals surface area contributed by atoms with Gasteiger partial charge in [0.2, 0.25) is 0 Å². The maximum absolute atomic E-state index is 14.6. The van der Waals surface area contributed by atoms with Gasteiger partial charge in [0.25, 0.3) is 0 Å². The van der Waals surface area contributed by atoms with Crippen molar-refractivity contribution in [3.63, 3.8) is 0 Å². The molecule has 0 amide bonds. The maximum Gasteiger partial charge on any atom is 0.337 e. The van der Waals surface area contributed by atoms with Crippen LogP contribution in [0.1, 0.15) is 50.4 Å². The van der Waals surface area contributed by atoms with Crippen LogP contribution in [0.25, 0.3) is 11.0 Å². The van der Waals surface area contributed by atoms with E-state index in [4.69, 9.17) is 9.15 Å². The first kappa shape index (κ1) is 20.8. The van der Waals surface area contributed by atoms with Gasteiger partial charge in [0, 0.05) is 23.0 Å². The molecule has 0 bridgehead atoms. The normalized spacial score (nSPS) is 19.2. The number of nitrogens with zero attached hydrogens (tertiary/aromatic N) is 1. The van der Waals surface area contributed by atoms with E-state index in [0.717, 1.165) is 31.4 Å². The van der Waals surface area contributed by atoms with E-state index in [1.165, 1.54) is 6.92 Å². The van der Waals surface area contributed by atoms with E-state index in [9.17, 15) is 23.6 Å². The molecule has 0 saturated heterocycles. The van der Waals surface area contributed by atoms with Gasteiger partial charge in [-0.15, -0.1) is 0 Å². The van der Waals surface area contributed by atoms with Crippen LogP contribution in [0.15, 0.2) is 43.9 Å². The third-order valence-corrected chi connectivity index (χ3v) is 5.78. The SMILES string of the molecule is CC1=C(C#N)[C@@H](c2cc(F)c(F)c3c(=O)cc(C)oc23)C(C(=O)OC2CCC2)=C(C)N1. The summed E-state index contributed by atoms with van der Waals surface area (Å²) in [5.74, 6) is -4.14. The highest BCUT2D eigenvalue weighted by atomic mass is 19.2. The summed E-state index contributed by atoms with van der Waals surface area (Å²) >= 11 is 0. The van der Waals surface area contributed by atoms with Crippen molar-refractivity contribution in [2.24, 2.45) is 0 Å². The summed E-state index contributed by atoms with van der Waals surface area (Å²) < 4.78 is 40.3. The number of rotatable bonds is 3. The zero-order valence-electron chi connectivity index (χ0n) is 17.3. The number of dihydropyridines is 1. The summed E-state index contributed by atoms with van der Waals surface area (Å²) in [5, 5.41) is 12.3. The zero-order valence-corrected chi connectivity index (χ0v) is 17.3. The molecule has 8 heteroatoms. The molecule has 0 unspecified atom stereocenters. The quantitative estimate of drug-likeness (QED) is 0.739. The minimum atomic E-state index is -1.33. The Hall–Kier alpha value is -3.47. The van der Waals surface area contributed by atoms with Crippen LogP contribution >= 0.6 is 0 Å². The monoisotopic (exact) mass is 426 g/mol. The van der Waals surface area contributed by atoms with Crippen LogP contribution in [0.4, 0.5) is 8.78 Å². The summed E-state index contributed by atoms with van der Waals surface area (Å²) in [6.07, 6.45) is 2.24. The number of esters is 1. The second-order valence-electron chi connectivity index (χ2n) is 7.89. The van der Waals surface area contributed by atoms with E-state index in [-0.39, 0.29) is 34.2 Å². The molecule has 1 aromatic heterocycles. The Kier molecular flexibility index (Phi) is 5.13. The van der Waals surface area contributed by atoms with Crippen molar-refractivity contribution in [3.05, 3.63) is 67.9 Å². The minimum absolute atomic E-state index is 0.0204. The number of aryl methyl sites for hydroxylation is 1. The number of carbonyl (C=O) groups excluding carboxylic acids is 1. The summed E-state index contributed by atoms with van der Waals surface area (Å²) in [5.41, 5.74) is 0.194. The first-order valence-corrected chi connectivity index (χ1v) is 9.95. The maximum atomic E-state index is 14.6. The van der Waals surface area contributed by atoms with Crippen molar-refractivity contribution in [3.8, 4) is 6.07 Å². The smallest absolute Gasteiger partial charge is 0.337 e. The highest BCUT2D eigenvalue weighted by molar-refractivity contribution is 5.95. The number of allylic oxidation sites excluding steroid dienone is 3. The van der Waals surface area contributed by atoms with E-state index in [1.807, 2.05) is 0 Å². The van der Waals surface area contributed by atoms with Crippen LogP contribution in [-0.4, -0.2) is 12.1 Å². The molecule has 4 rings (SSSR count). The van der Waals surface area contributed by atoms with Crippen molar-refractivity contribution >= 4 is 16.9 Å². The fourth-order valence-corrected chi connectivity index (χ4v) is 4.05. The van der Waals surface area contributed by atoms with Gasteiger partial charge in [-0.25, -0.2) is 13.6 Å². The molecule has 6 nitrogen and oxygen atoms in total. The van der Waals surface area contributed by atoms with Crippen molar-refractivity contribution in [2.45, 2.75) is 52.1 Å². The topological polar surface area (TPSA) is 92.3 Å². The lowest BCUT2D eigenvalue weighted by molar-refractivity contribution is -0.148. The van der Waals surface area contributed by atoms with E-state index >= 15 is 0 Å². The Morgan fingerprint density at radius 1 is 1.23 bits per heavy atom. The molecule has 1 saturated carbocycles. The molecule has 1 aliphatic carbocycles. The van der Waals surface area contributed by atoms with Crippen LogP contribution in [0, 0.1) is 29.9 Å². The van der Waals surface area contributed by atoms with Gasteiger partial charge < -0.3 is 14.5 Å². The van der Waals surface area contributed by atoms with E-state index in [2.05, 4.69) is 11.4 Å². The lowest BCUT2D eigenvalue weighted by Gasteiger charge is -2.31. The molecule has 2 aliphatic rings. The number of nitrogens with one attached hydrogen (secondary N) is 1. The Bertz CT molecular complexity index is 1280. The molecule has 160 valence electrons. The molecule has 2 aromatic rings. The van der Waals surface area contributed by atoms with Crippen molar-refractivity contribution in [1.82, 2.24) is 5.32 Å². The number of halogens is 2. The number of carbonyl (C=O) groups is 1. The largest absolute Gasteiger partial charge is 0.461 e. The standard InChI is InChI=1S/C23H20F2N2O4/c1-10-7-17(28)20-21(25)16(24)8-14(22(20)30-10)19-15(9-26)11(2)27-12(3)18(19)23(29)31-13-5-4-6-13/h7-8,13,19,27H,4-6H2,1-3H3/t19-/m1/s1. The lowest BCUT2D eigenvalue weighted by atomic mass is 9.80. The third-order valence-electron chi connectivity index (χ3n) is 5.78. The summed E-state index contributed by atoms with van der Waals surface area (Å²) in [6.45, 7) is 4.80. The number of hydrogen-bond donors (Lipinski definition) is 1. The number of ether oxygens (including phenoxy) is 1. The second-order valence-corrected chi connectivity index (χ2v) is 7.89. The zero-order chi connectivity index (χ0) is 22.4. The fourth-order valence-electron chi connectivity index (χ4n) is 4.05. The number of nitriles is 1. The minimum Gasteiger partial charge on any atom is -0.461 e. The van der Waals surface area contributed by atoms with Gasteiger partial charge in [-0.2, -0.15) is 5.26 Å².